The fourth-order valence-corrected chi connectivity index (χ4v) is 2.32. The van der Waals surface area contributed by atoms with Crippen molar-refractivity contribution in [1.82, 2.24) is 15.0 Å². The largest absolute Gasteiger partial charge is 0.478 e. The Morgan fingerprint density at radius 2 is 2.16 bits per heavy atom. The van der Waals surface area contributed by atoms with E-state index in [0.717, 1.165) is 12.8 Å². The maximum atomic E-state index is 13.7. The Morgan fingerprint density at radius 3 is 2.84 bits per heavy atom. The summed E-state index contributed by atoms with van der Waals surface area (Å²) < 4.78 is 20.7. The van der Waals surface area contributed by atoms with Crippen LogP contribution in [0.4, 0.5) is 4.39 Å². The summed E-state index contributed by atoms with van der Waals surface area (Å²) in [6.45, 7) is 1.28. The third kappa shape index (κ3) is 2.06. The Bertz CT molecular complexity index is 634. The molecule has 19 heavy (non-hydrogen) atoms. The molecule has 100 valence electrons. The van der Waals surface area contributed by atoms with Crippen LogP contribution in [-0.4, -0.2) is 39.3 Å². The minimum absolute atomic E-state index is 0.119. The number of carbonyl (C=O) groups is 1. The van der Waals surface area contributed by atoms with Gasteiger partial charge in [-0.2, -0.15) is 0 Å². The molecule has 2 heterocycles. The number of nitrogens with zero attached hydrogens (tertiary/aromatic N) is 3. The fourth-order valence-electron chi connectivity index (χ4n) is 2.32. The van der Waals surface area contributed by atoms with Gasteiger partial charge in [-0.3, -0.25) is 0 Å². The zero-order valence-corrected chi connectivity index (χ0v) is 10.0. The maximum Gasteiger partial charge on any atom is 0.338 e. The second-order valence-electron chi connectivity index (χ2n) is 4.50. The molecule has 0 aliphatic carbocycles. The molecule has 1 aromatic carbocycles. The standard InChI is InChI=1S/C12H12FN3O3/c13-9-6-11-10(5-8(9)12(17)18)14-15-16(11)7-1-3-19-4-2-7/h5-7H,1-4H2,(H,17,18). The third-order valence-corrected chi connectivity index (χ3v) is 3.33. The van der Waals surface area contributed by atoms with Crippen molar-refractivity contribution < 1.29 is 19.0 Å². The number of benzene rings is 1. The minimum Gasteiger partial charge on any atom is -0.478 e. The first-order valence-corrected chi connectivity index (χ1v) is 6.02. The summed E-state index contributed by atoms with van der Waals surface area (Å²) in [5, 5.41) is 16.8. The number of ether oxygens (including phenoxy) is 1. The molecule has 1 aromatic heterocycles. The van der Waals surface area contributed by atoms with Crippen molar-refractivity contribution >= 4 is 17.0 Å². The molecule has 0 amide bonds. The number of aromatic carboxylic acids is 1. The molecule has 0 unspecified atom stereocenters. The monoisotopic (exact) mass is 265 g/mol. The van der Waals surface area contributed by atoms with E-state index >= 15 is 0 Å². The molecule has 1 saturated heterocycles. The highest BCUT2D eigenvalue weighted by Gasteiger charge is 2.21. The molecule has 0 spiro atoms. The Hall–Kier alpha value is -2.02. The summed E-state index contributed by atoms with van der Waals surface area (Å²) in [7, 11) is 0. The topological polar surface area (TPSA) is 77.2 Å². The summed E-state index contributed by atoms with van der Waals surface area (Å²) in [6.07, 6.45) is 1.58. The Labute approximate surface area is 107 Å². The average Bonchev–Trinajstić information content (AvgIpc) is 2.81. The Kier molecular flexibility index (Phi) is 2.90. The van der Waals surface area contributed by atoms with Crippen LogP contribution >= 0.6 is 0 Å². The zero-order chi connectivity index (χ0) is 13.4. The van der Waals surface area contributed by atoms with Crippen LogP contribution in [0.15, 0.2) is 12.1 Å². The number of halogens is 1. The smallest absolute Gasteiger partial charge is 0.338 e. The lowest BCUT2D eigenvalue weighted by Gasteiger charge is -2.22. The highest BCUT2D eigenvalue weighted by molar-refractivity contribution is 5.92. The van der Waals surface area contributed by atoms with E-state index in [9.17, 15) is 9.18 Å². The van der Waals surface area contributed by atoms with Gasteiger partial charge in [0.25, 0.3) is 0 Å². The van der Waals surface area contributed by atoms with Crippen molar-refractivity contribution in [2.45, 2.75) is 18.9 Å². The molecular weight excluding hydrogens is 253 g/mol. The minimum atomic E-state index is -1.31. The van der Waals surface area contributed by atoms with Crippen molar-refractivity contribution in [1.29, 1.82) is 0 Å². The third-order valence-electron chi connectivity index (χ3n) is 3.33. The highest BCUT2D eigenvalue weighted by atomic mass is 19.1. The van der Waals surface area contributed by atoms with Crippen molar-refractivity contribution in [2.75, 3.05) is 13.2 Å². The van der Waals surface area contributed by atoms with E-state index in [2.05, 4.69) is 10.3 Å². The summed E-state index contributed by atoms with van der Waals surface area (Å²) in [5.41, 5.74) is 0.534. The van der Waals surface area contributed by atoms with Crippen LogP contribution in [-0.2, 0) is 4.74 Å². The Morgan fingerprint density at radius 1 is 1.42 bits per heavy atom. The van der Waals surface area contributed by atoms with Gasteiger partial charge in [0, 0.05) is 19.3 Å². The van der Waals surface area contributed by atoms with Gasteiger partial charge >= 0.3 is 5.97 Å². The Balaban J connectivity index is 2.07. The maximum absolute atomic E-state index is 13.7. The molecule has 3 rings (SSSR count). The molecule has 2 aromatic rings. The van der Waals surface area contributed by atoms with Crippen LogP contribution in [0.3, 0.4) is 0 Å². The number of carboxylic acid groups (broad SMARTS) is 1. The van der Waals surface area contributed by atoms with E-state index in [0.29, 0.717) is 24.2 Å². The lowest BCUT2D eigenvalue weighted by atomic mass is 10.1. The molecule has 1 aliphatic heterocycles. The molecule has 0 bridgehead atoms. The van der Waals surface area contributed by atoms with Crippen molar-refractivity contribution in [3.05, 3.63) is 23.5 Å². The van der Waals surface area contributed by atoms with Gasteiger partial charge < -0.3 is 9.84 Å². The van der Waals surface area contributed by atoms with Crippen LogP contribution < -0.4 is 0 Å². The van der Waals surface area contributed by atoms with Crippen LogP contribution in [0.25, 0.3) is 11.0 Å². The molecule has 0 atom stereocenters. The number of rotatable bonds is 2. The molecule has 0 radical (unpaired) electrons. The van der Waals surface area contributed by atoms with E-state index in [1.807, 2.05) is 0 Å². The first kappa shape index (κ1) is 12.0. The molecule has 1 N–H and O–H groups in total. The van der Waals surface area contributed by atoms with E-state index in [-0.39, 0.29) is 11.6 Å². The summed E-state index contributed by atoms with van der Waals surface area (Å²) >= 11 is 0. The molecular formula is C12H12FN3O3. The number of hydrogen-bond donors (Lipinski definition) is 1. The predicted octanol–water partition coefficient (Wildman–Crippen LogP) is 1.62. The normalized spacial score (nSPS) is 16.9. The van der Waals surface area contributed by atoms with Crippen LogP contribution in [0, 0.1) is 5.82 Å². The van der Waals surface area contributed by atoms with Gasteiger partial charge in [-0.1, -0.05) is 5.21 Å². The molecule has 7 heteroatoms. The molecule has 0 saturated carbocycles. The van der Waals surface area contributed by atoms with E-state index in [4.69, 9.17) is 9.84 Å². The first-order valence-electron chi connectivity index (χ1n) is 6.02. The number of hydrogen-bond acceptors (Lipinski definition) is 4. The molecule has 1 fully saturated rings. The van der Waals surface area contributed by atoms with Gasteiger partial charge in [0.05, 0.1) is 17.1 Å². The van der Waals surface area contributed by atoms with Gasteiger partial charge in [-0.25, -0.2) is 13.9 Å². The number of fused-ring (bicyclic) bond motifs is 1. The van der Waals surface area contributed by atoms with Crippen molar-refractivity contribution in [3.63, 3.8) is 0 Å². The lowest BCUT2D eigenvalue weighted by molar-refractivity contribution is 0.0669. The predicted molar refractivity (Wildman–Crippen MR) is 63.5 cm³/mol. The van der Waals surface area contributed by atoms with Crippen molar-refractivity contribution in [3.8, 4) is 0 Å². The fraction of sp³-hybridized carbons (Fsp3) is 0.417. The number of carboxylic acids is 1. The van der Waals surface area contributed by atoms with E-state index in [1.54, 1.807) is 4.68 Å². The second kappa shape index (κ2) is 4.58. The number of aromatic nitrogens is 3. The van der Waals surface area contributed by atoms with Crippen LogP contribution in [0.2, 0.25) is 0 Å². The van der Waals surface area contributed by atoms with E-state index < -0.39 is 11.8 Å². The van der Waals surface area contributed by atoms with E-state index in [1.165, 1.54) is 12.1 Å². The van der Waals surface area contributed by atoms with Crippen LogP contribution in [0.1, 0.15) is 29.2 Å². The first-order chi connectivity index (χ1) is 9.16. The van der Waals surface area contributed by atoms with Gasteiger partial charge in [-0.15, -0.1) is 5.10 Å². The summed E-state index contributed by atoms with van der Waals surface area (Å²) in [6, 6.07) is 2.53. The van der Waals surface area contributed by atoms with Gasteiger partial charge in [0.15, 0.2) is 0 Å². The average molecular weight is 265 g/mol. The van der Waals surface area contributed by atoms with Crippen LogP contribution in [0.5, 0.6) is 0 Å². The van der Waals surface area contributed by atoms with Crippen molar-refractivity contribution in [2.24, 2.45) is 0 Å². The summed E-state index contributed by atoms with van der Waals surface area (Å²) in [5.74, 6) is -2.07. The van der Waals surface area contributed by atoms with Gasteiger partial charge in [0.1, 0.15) is 11.3 Å². The summed E-state index contributed by atoms with van der Waals surface area (Å²) in [4.78, 5) is 10.9. The quantitative estimate of drug-likeness (QED) is 0.892. The van der Waals surface area contributed by atoms with Gasteiger partial charge in [0.2, 0.25) is 0 Å². The lowest BCUT2D eigenvalue weighted by Crippen LogP contribution is -2.20. The SMILES string of the molecule is O=C(O)c1cc2nnn(C3CCOCC3)c2cc1F. The highest BCUT2D eigenvalue weighted by Crippen LogP contribution is 2.25. The zero-order valence-electron chi connectivity index (χ0n) is 10.0. The second-order valence-corrected chi connectivity index (χ2v) is 4.50. The van der Waals surface area contributed by atoms with Gasteiger partial charge in [-0.05, 0) is 18.9 Å². The molecule has 1 aliphatic rings. The molecule has 6 nitrogen and oxygen atoms in total.